The molecule has 0 aromatic carbocycles. The second kappa shape index (κ2) is 2.96. The maximum atomic E-state index is 4.19. The molecule has 1 N–H and O–H groups in total. The zero-order chi connectivity index (χ0) is 7.52. The van der Waals surface area contributed by atoms with Crippen LogP contribution in [0.25, 0.3) is 0 Å². The molecule has 0 spiro atoms. The van der Waals surface area contributed by atoms with Crippen LogP contribution >= 0.6 is 0 Å². The highest BCUT2D eigenvalue weighted by Crippen LogP contribution is 2.19. The fourth-order valence-corrected chi connectivity index (χ4v) is 1.44. The van der Waals surface area contributed by atoms with Crippen LogP contribution in [0.5, 0.6) is 0 Å². The Morgan fingerprint density at radius 2 is 2.55 bits per heavy atom. The molecule has 1 aliphatic heterocycles. The van der Waals surface area contributed by atoms with E-state index in [4.69, 9.17) is 0 Å². The van der Waals surface area contributed by atoms with Crippen LogP contribution in [-0.4, -0.2) is 16.5 Å². The molecule has 1 aromatic heterocycles. The molecule has 0 aliphatic carbocycles. The van der Waals surface area contributed by atoms with Crippen molar-refractivity contribution in [1.29, 1.82) is 0 Å². The summed E-state index contributed by atoms with van der Waals surface area (Å²) in [6.07, 6.45) is 5.86. The largest absolute Gasteiger partial charge is 0.309 e. The average Bonchev–Trinajstić information content (AvgIpc) is 2.58. The van der Waals surface area contributed by atoms with E-state index in [1.165, 1.54) is 12.8 Å². The first-order chi connectivity index (χ1) is 5.47. The molecular weight excluding hydrogens is 138 g/mol. The summed E-state index contributed by atoms with van der Waals surface area (Å²) >= 11 is 0. The highest BCUT2D eigenvalue weighted by Gasteiger charge is 2.16. The summed E-state index contributed by atoms with van der Waals surface area (Å²) in [7, 11) is 0. The second-order valence-corrected chi connectivity index (χ2v) is 2.78. The van der Waals surface area contributed by atoms with Crippen molar-refractivity contribution >= 4 is 0 Å². The van der Waals surface area contributed by atoms with Crippen molar-refractivity contribution in [2.75, 3.05) is 6.54 Å². The molecule has 2 rings (SSSR count). The van der Waals surface area contributed by atoms with Gasteiger partial charge in [-0.05, 0) is 25.5 Å². The maximum Gasteiger partial charge on any atom is 0.115 e. The van der Waals surface area contributed by atoms with Gasteiger partial charge < -0.3 is 5.32 Å². The van der Waals surface area contributed by atoms with E-state index in [9.17, 15) is 0 Å². The van der Waals surface area contributed by atoms with Crippen molar-refractivity contribution < 1.29 is 0 Å². The minimum absolute atomic E-state index is 0.470. The lowest BCUT2D eigenvalue weighted by molar-refractivity contribution is 0.625. The third-order valence-corrected chi connectivity index (χ3v) is 2.02. The van der Waals surface area contributed by atoms with Crippen LogP contribution in [0.2, 0.25) is 0 Å². The van der Waals surface area contributed by atoms with Gasteiger partial charge in [0, 0.05) is 12.2 Å². The lowest BCUT2D eigenvalue weighted by Gasteiger charge is -2.07. The summed E-state index contributed by atoms with van der Waals surface area (Å²) in [6.45, 7) is 1.12. The number of nitrogens with one attached hydrogen (secondary N) is 1. The van der Waals surface area contributed by atoms with E-state index in [1.807, 2.05) is 6.07 Å². The van der Waals surface area contributed by atoms with Gasteiger partial charge >= 0.3 is 0 Å². The van der Waals surface area contributed by atoms with Gasteiger partial charge in [0.2, 0.25) is 0 Å². The van der Waals surface area contributed by atoms with Crippen LogP contribution in [0.3, 0.4) is 0 Å². The van der Waals surface area contributed by atoms with Crippen LogP contribution in [0.1, 0.15) is 24.6 Å². The first-order valence-corrected chi connectivity index (χ1v) is 3.96. The molecule has 1 fully saturated rings. The third-order valence-electron chi connectivity index (χ3n) is 2.02. The zero-order valence-corrected chi connectivity index (χ0v) is 6.33. The predicted octanol–water partition coefficient (Wildman–Crippen LogP) is 0.901. The molecule has 0 saturated carbocycles. The van der Waals surface area contributed by atoms with Gasteiger partial charge in [-0.2, -0.15) is 0 Å². The number of hydrogen-bond donors (Lipinski definition) is 1. The standard InChI is InChI=1S/C8H11N3/c1-2-7(10-4-1)8-3-5-9-6-11-8/h3,5-7,10H,1-2,4H2. The van der Waals surface area contributed by atoms with Crippen molar-refractivity contribution in [2.45, 2.75) is 18.9 Å². The summed E-state index contributed by atoms with van der Waals surface area (Å²) in [5.41, 5.74) is 1.12. The van der Waals surface area contributed by atoms with Crippen LogP contribution in [0.4, 0.5) is 0 Å². The lowest BCUT2D eigenvalue weighted by atomic mass is 10.1. The van der Waals surface area contributed by atoms with Gasteiger partial charge in [0.05, 0.1) is 5.69 Å². The summed E-state index contributed by atoms with van der Waals surface area (Å²) in [6, 6.07) is 2.45. The van der Waals surface area contributed by atoms with E-state index < -0.39 is 0 Å². The number of aromatic nitrogens is 2. The highest BCUT2D eigenvalue weighted by molar-refractivity contribution is 5.05. The Kier molecular flexibility index (Phi) is 1.81. The predicted molar refractivity (Wildman–Crippen MR) is 42.0 cm³/mol. The minimum atomic E-state index is 0.470. The molecule has 0 radical (unpaired) electrons. The second-order valence-electron chi connectivity index (χ2n) is 2.78. The topological polar surface area (TPSA) is 37.8 Å². The number of hydrogen-bond acceptors (Lipinski definition) is 3. The molecule has 1 aliphatic rings. The molecule has 1 unspecified atom stereocenters. The van der Waals surface area contributed by atoms with Gasteiger partial charge in [0.15, 0.2) is 0 Å². The summed E-state index contributed by atoms with van der Waals surface area (Å²) in [5, 5.41) is 3.38. The Bertz CT molecular complexity index is 216. The van der Waals surface area contributed by atoms with Crippen molar-refractivity contribution in [2.24, 2.45) is 0 Å². The monoisotopic (exact) mass is 149 g/mol. The Morgan fingerprint density at radius 1 is 1.55 bits per heavy atom. The molecule has 0 amide bonds. The quantitative estimate of drug-likeness (QED) is 0.644. The van der Waals surface area contributed by atoms with Gasteiger partial charge in [0.1, 0.15) is 6.33 Å². The molecule has 1 atom stereocenters. The van der Waals surface area contributed by atoms with Gasteiger partial charge in [0.25, 0.3) is 0 Å². The van der Waals surface area contributed by atoms with E-state index in [0.717, 1.165) is 12.2 Å². The van der Waals surface area contributed by atoms with E-state index in [2.05, 4.69) is 15.3 Å². The normalized spacial score (nSPS) is 23.8. The van der Waals surface area contributed by atoms with Crippen LogP contribution in [-0.2, 0) is 0 Å². The van der Waals surface area contributed by atoms with Crippen LogP contribution in [0, 0.1) is 0 Å². The summed E-state index contributed by atoms with van der Waals surface area (Å²) in [5.74, 6) is 0. The molecular formula is C8H11N3. The van der Waals surface area contributed by atoms with Crippen LogP contribution in [0.15, 0.2) is 18.6 Å². The highest BCUT2D eigenvalue weighted by atomic mass is 15.0. The minimum Gasteiger partial charge on any atom is -0.309 e. The molecule has 58 valence electrons. The smallest absolute Gasteiger partial charge is 0.115 e. The first-order valence-electron chi connectivity index (χ1n) is 3.96. The average molecular weight is 149 g/mol. The van der Waals surface area contributed by atoms with Gasteiger partial charge in [-0.3, -0.25) is 0 Å². The number of rotatable bonds is 1. The zero-order valence-electron chi connectivity index (χ0n) is 6.33. The summed E-state index contributed by atoms with van der Waals surface area (Å²) < 4.78 is 0. The molecule has 1 saturated heterocycles. The fourth-order valence-electron chi connectivity index (χ4n) is 1.44. The maximum absolute atomic E-state index is 4.19. The van der Waals surface area contributed by atoms with Crippen molar-refractivity contribution in [3.63, 3.8) is 0 Å². The van der Waals surface area contributed by atoms with Crippen molar-refractivity contribution in [3.8, 4) is 0 Å². The third kappa shape index (κ3) is 1.38. The molecule has 11 heavy (non-hydrogen) atoms. The SMILES string of the molecule is c1cc(C2CCCN2)ncn1. The first kappa shape index (κ1) is 6.73. The molecule has 3 nitrogen and oxygen atoms in total. The van der Waals surface area contributed by atoms with Crippen molar-refractivity contribution in [3.05, 3.63) is 24.3 Å². The van der Waals surface area contributed by atoms with Gasteiger partial charge in [-0.15, -0.1) is 0 Å². The number of nitrogens with zero attached hydrogens (tertiary/aromatic N) is 2. The summed E-state index contributed by atoms with van der Waals surface area (Å²) in [4.78, 5) is 8.07. The Labute approximate surface area is 65.9 Å². The Balaban J connectivity index is 2.16. The Morgan fingerprint density at radius 3 is 3.18 bits per heavy atom. The molecule has 0 bridgehead atoms. The fraction of sp³-hybridized carbons (Fsp3) is 0.500. The van der Waals surface area contributed by atoms with E-state index in [0.29, 0.717) is 6.04 Å². The van der Waals surface area contributed by atoms with E-state index in [1.54, 1.807) is 12.5 Å². The lowest BCUT2D eigenvalue weighted by Crippen LogP contribution is -2.13. The van der Waals surface area contributed by atoms with E-state index >= 15 is 0 Å². The van der Waals surface area contributed by atoms with Gasteiger partial charge in [-0.1, -0.05) is 0 Å². The Hall–Kier alpha value is -0.960. The van der Waals surface area contributed by atoms with E-state index in [-0.39, 0.29) is 0 Å². The van der Waals surface area contributed by atoms with Gasteiger partial charge in [-0.25, -0.2) is 9.97 Å². The van der Waals surface area contributed by atoms with Crippen LogP contribution < -0.4 is 5.32 Å². The molecule has 3 heteroatoms. The molecule has 1 aromatic rings. The molecule has 2 heterocycles. The van der Waals surface area contributed by atoms with Crippen molar-refractivity contribution in [1.82, 2.24) is 15.3 Å².